The van der Waals surface area contributed by atoms with E-state index in [0.29, 0.717) is 22.6 Å². The van der Waals surface area contributed by atoms with Crippen molar-refractivity contribution in [1.29, 1.82) is 0 Å². The maximum atomic E-state index is 13.3. The van der Waals surface area contributed by atoms with Crippen LogP contribution in [0.5, 0.6) is 5.75 Å². The average molecular weight is 442 g/mol. The van der Waals surface area contributed by atoms with Gasteiger partial charge in [0.05, 0.1) is 18.6 Å². The fraction of sp³-hybridized carbons (Fsp3) is 0.524. The van der Waals surface area contributed by atoms with Crippen LogP contribution in [-0.4, -0.2) is 71.0 Å². The standard InChI is InChI=1S/C21H25F3N2O5/c1-2-5-16(28)26(11-21(22,23)24)14-10-13(20(30)25-8-9-27)17-12-6-3-4-7-15(12)31-19(17)18(14)29/h3-4,6-7,10,14,17-19,27,29H,2,5,8-9,11H2,1H3,(H,25,30)/t14-,17+,18+,19+/m1/s1. The number of ether oxygens (including phenoxy) is 1. The molecule has 0 unspecified atom stereocenters. The third kappa shape index (κ3) is 4.85. The number of carbonyl (C=O) groups is 2. The first-order valence-electron chi connectivity index (χ1n) is 10.1. The summed E-state index contributed by atoms with van der Waals surface area (Å²) in [5.41, 5.74) is 0.716. The van der Waals surface area contributed by atoms with Gasteiger partial charge in [0, 0.05) is 24.1 Å². The van der Waals surface area contributed by atoms with Crippen LogP contribution in [-0.2, 0) is 9.59 Å². The van der Waals surface area contributed by atoms with Crippen molar-refractivity contribution in [2.24, 2.45) is 0 Å². The highest BCUT2D eigenvalue weighted by atomic mass is 19.4. The predicted octanol–water partition coefficient (Wildman–Crippen LogP) is 1.50. The number of nitrogens with zero attached hydrogens (tertiary/aromatic N) is 1. The number of amides is 2. The minimum Gasteiger partial charge on any atom is -0.486 e. The summed E-state index contributed by atoms with van der Waals surface area (Å²) in [7, 11) is 0. The molecule has 4 atom stereocenters. The van der Waals surface area contributed by atoms with Crippen molar-refractivity contribution >= 4 is 11.8 Å². The van der Waals surface area contributed by atoms with Gasteiger partial charge in [-0.25, -0.2) is 0 Å². The Morgan fingerprint density at radius 1 is 1.26 bits per heavy atom. The number of nitrogens with one attached hydrogen (secondary N) is 1. The lowest BCUT2D eigenvalue weighted by Gasteiger charge is -2.41. The first-order chi connectivity index (χ1) is 14.7. The van der Waals surface area contributed by atoms with E-state index in [0.717, 1.165) is 0 Å². The van der Waals surface area contributed by atoms with Gasteiger partial charge >= 0.3 is 6.18 Å². The Bertz CT molecular complexity index is 858. The van der Waals surface area contributed by atoms with Crippen LogP contribution in [0, 0.1) is 0 Å². The molecule has 1 aliphatic carbocycles. The third-order valence-electron chi connectivity index (χ3n) is 5.37. The van der Waals surface area contributed by atoms with Crippen molar-refractivity contribution in [3.63, 3.8) is 0 Å². The van der Waals surface area contributed by atoms with Crippen LogP contribution in [0.2, 0.25) is 0 Å². The molecule has 2 amide bonds. The number of hydrogen-bond acceptors (Lipinski definition) is 5. The first kappa shape index (κ1) is 23.1. The van der Waals surface area contributed by atoms with Crippen molar-refractivity contribution < 1.29 is 37.7 Å². The number of aliphatic hydroxyl groups excluding tert-OH is 2. The Balaban J connectivity index is 2.05. The molecule has 1 aromatic carbocycles. The van der Waals surface area contributed by atoms with Gasteiger partial charge in [0.2, 0.25) is 11.8 Å². The number of carbonyl (C=O) groups excluding carboxylic acids is 2. The van der Waals surface area contributed by atoms with Gasteiger partial charge in [0.1, 0.15) is 24.5 Å². The summed E-state index contributed by atoms with van der Waals surface area (Å²) in [6.07, 6.45) is -5.77. The summed E-state index contributed by atoms with van der Waals surface area (Å²) in [4.78, 5) is 25.9. The van der Waals surface area contributed by atoms with Crippen molar-refractivity contribution in [3.05, 3.63) is 41.5 Å². The Morgan fingerprint density at radius 2 is 1.97 bits per heavy atom. The molecule has 0 saturated carbocycles. The van der Waals surface area contributed by atoms with Crippen LogP contribution in [0.15, 0.2) is 35.9 Å². The van der Waals surface area contributed by atoms with Crippen LogP contribution >= 0.6 is 0 Å². The smallest absolute Gasteiger partial charge is 0.406 e. The molecule has 31 heavy (non-hydrogen) atoms. The van der Waals surface area contributed by atoms with Gasteiger partial charge in [0.15, 0.2) is 0 Å². The number of benzene rings is 1. The number of halogens is 3. The van der Waals surface area contributed by atoms with E-state index in [1.165, 1.54) is 6.08 Å². The molecule has 7 nitrogen and oxygen atoms in total. The number of rotatable bonds is 7. The van der Waals surface area contributed by atoms with E-state index in [2.05, 4.69) is 5.32 Å². The largest absolute Gasteiger partial charge is 0.486 e. The zero-order valence-electron chi connectivity index (χ0n) is 16.9. The van der Waals surface area contributed by atoms with E-state index in [-0.39, 0.29) is 25.1 Å². The highest BCUT2D eigenvalue weighted by molar-refractivity contribution is 5.96. The van der Waals surface area contributed by atoms with Crippen LogP contribution in [0.3, 0.4) is 0 Å². The number of alkyl halides is 3. The van der Waals surface area contributed by atoms with Crippen molar-refractivity contribution in [1.82, 2.24) is 10.2 Å². The molecule has 0 radical (unpaired) electrons. The first-order valence-corrected chi connectivity index (χ1v) is 10.1. The molecule has 3 N–H and O–H groups in total. The van der Waals surface area contributed by atoms with Gasteiger partial charge in [-0.15, -0.1) is 0 Å². The highest BCUT2D eigenvalue weighted by Crippen LogP contribution is 2.47. The zero-order chi connectivity index (χ0) is 22.8. The maximum absolute atomic E-state index is 13.3. The second-order valence-corrected chi connectivity index (χ2v) is 7.57. The minimum absolute atomic E-state index is 0.0513. The number of para-hydroxylation sites is 1. The summed E-state index contributed by atoms with van der Waals surface area (Å²) in [5.74, 6) is -1.67. The Hall–Kier alpha value is -2.59. The monoisotopic (exact) mass is 442 g/mol. The quantitative estimate of drug-likeness (QED) is 0.595. The molecule has 0 aromatic heterocycles. The number of aliphatic hydroxyl groups is 2. The average Bonchev–Trinajstić information content (AvgIpc) is 3.10. The van der Waals surface area contributed by atoms with Crippen LogP contribution < -0.4 is 10.1 Å². The minimum atomic E-state index is -4.69. The highest BCUT2D eigenvalue weighted by Gasteiger charge is 2.51. The number of hydrogen-bond donors (Lipinski definition) is 3. The van der Waals surface area contributed by atoms with Crippen LogP contribution in [0.4, 0.5) is 13.2 Å². The van der Waals surface area contributed by atoms with Crippen molar-refractivity contribution in [2.45, 2.75) is 50.1 Å². The predicted molar refractivity (Wildman–Crippen MR) is 104 cm³/mol. The molecule has 0 saturated heterocycles. The van der Waals surface area contributed by atoms with Crippen molar-refractivity contribution in [3.8, 4) is 5.75 Å². The van der Waals surface area contributed by atoms with E-state index in [9.17, 15) is 27.9 Å². The molecule has 1 heterocycles. The SMILES string of the molecule is CCCC(=O)N(CC(F)(F)F)[C@@H]1C=C(C(=O)NCCO)[C@@H]2c3ccccc3O[C@@H]2[C@H]1O. The van der Waals surface area contributed by atoms with E-state index >= 15 is 0 Å². The summed E-state index contributed by atoms with van der Waals surface area (Å²) in [5, 5.41) is 22.5. The lowest BCUT2D eigenvalue weighted by molar-refractivity contribution is -0.170. The van der Waals surface area contributed by atoms with E-state index in [1.54, 1.807) is 31.2 Å². The molecule has 3 rings (SSSR count). The van der Waals surface area contributed by atoms with Crippen LogP contribution in [0.1, 0.15) is 31.2 Å². The fourth-order valence-corrected chi connectivity index (χ4v) is 4.10. The summed E-state index contributed by atoms with van der Waals surface area (Å²) >= 11 is 0. The Kier molecular flexibility index (Phi) is 6.90. The molecule has 10 heteroatoms. The molecule has 170 valence electrons. The molecule has 0 spiro atoms. The Labute approximate surface area is 177 Å². The van der Waals surface area contributed by atoms with Crippen LogP contribution in [0.25, 0.3) is 0 Å². The third-order valence-corrected chi connectivity index (χ3v) is 5.37. The molecule has 1 aromatic rings. The summed E-state index contributed by atoms with van der Waals surface area (Å²) < 4.78 is 45.6. The molecule has 0 bridgehead atoms. The molecule has 0 fully saturated rings. The Morgan fingerprint density at radius 3 is 2.61 bits per heavy atom. The molecular weight excluding hydrogens is 417 g/mol. The topological polar surface area (TPSA) is 99.1 Å². The summed E-state index contributed by atoms with van der Waals surface area (Å²) in [6, 6.07) is 5.40. The van der Waals surface area contributed by atoms with E-state index in [1.807, 2.05) is 0 Å². The molecule has 1 aliphatic heterocycles. The van der Waals surface area contributed by atoms with Gasteiger partial charge in [-0.3, -0.25) is 9.59 Å². The van der Waals surface area contributed by atoms with Gasteiger partial charge in [-0.1, -0.05) is 25.1 Å². The second-order valence-electron chi connectivity index (χ2n) is 7.57. The van der Waals surface area contributed by atoms with Gasteiger partial charge in [0.25, 0.3) is 0 Å². The molecular formula is C21H25F3N2O5. The lowest BCUT2D eigenvalue weighted by Crippen LogP contribution is -2.57. The summed E-state index contributed by atoms with van der Waals surface area (Å²) in [6.45, 7) is -0.261. The van der Waals surface area contributed by atoms with Crippen molar-refractivity contribution in [2.75, 3.05) is 19.7 Å². The van der Waals surface area contributed by atoms with Gasteiger partial charge in [-0.05, 0) is 18.6 Å². The normalized spacial score (nSPS) is 24.5. The van der Waals surface area contributed by atoms with E-state index < -0.39 is 48.7 Å². The fourth-order valence-electron chi connectivity index (χ4n) is 4.10. The second kappa shape index (κ2) is 9.27. The van der Waals surface area contributed by atoms with E-state index in [4.69, 9.17) is 9.84 Å². The lowest BCUT2D eigenvalue weighted by atomic mass is 9.77. The zero-order valence-corrected chi connectivity index (χ0v) is 16.9. The number of fused-ring (bicyclic) bond motifs is 3. The van der Waals surface area contributed by atoms with Gasteiger partial charge < -0.3 is 25.2 Å². The van der Waals surface area contributed by atoms with Gasteiger partial charge in [-0.2, -0.15) is 13.2 Å². The maximum Gasteiger partial charge on any atom is 0.406 e. The molecule has 2 aliphatic rings.